The molecule has 0 radical (unpaired) electrons. The van der Waals surface area contributed by atoms with E-state index in [9.17, 15) is 14.7 Å². The van der Waals surface area contributed by atoms with E-state index in [4.69, 9.17) is 14.2 Å². The van der Waals surface area contributed by atoms with Crippen molar-refractivity contribution in [3.8, 4) is 0 Å². The molecule has 4 rings (SSSR count). The number of allylic oxidation sites excluding steroid dienone is 2. The lowest BCUT2D eigenvalue weighted by Crippen LogP contribution is -2.56. The van der Waals surface area contributed by atoms with Gasteiger partial charge >= 0.3 is 5.97 Å². The number of hydrogen-bond acceptors (Lipinski definition) is 6. The summed E-state index contributed by atoms with van der Waals surface area (Å²) < 4.78 is 18.3. The number of fused-ring (bicyclic) bond motifs is 1. The summed E-state index contributed by atoms with van der Waals surface area (Å²) in [6.07, 6.45) is 4.02. The number of aliphatic hydroxyl groups is 1. The summed E-state index contributed by atoms with van der Waals surface area (Å²) in [7, 11) is 0. The van der Waals surface area contributed by atoms with Gasteiger partial charge in [-0.15, -0.1) is 0 Å². The van der Waals surface area contributed by atoms with Gasteiger partial charge in [0, 0.05) is 17.9 Å². The number of ether oxygens (including phenoxy) is 3. The Hall–Kier alpha value is -1.70. The highest BCUT2D eigenvalue weighted by Gasteiger charge is 2.64. The molecule has 0 saturated carbocycles. The standard InChI is InChI=1S/C27H41NO6/c1-14(2)10-19-23-17(5)16(4)12-18-11-15(3)8-9-20(29)24-21(32-26(6,7)34-24)13-22(30)33-27(18,23)25(31)28-19/h11-12,14,17-21,23-24,29H,8-10,13H2,1-7H3,(H,28,31)/b15-11+. The minimum absolute atomic E-state index is 0.0670. The molecule has 1 aliphatic carbocycles. The van der Waals surface area contributed by atoms with Gasteiger partial charge in [0.25, 0.3) is 5.91 Å². The molecule has 0 aromatic carbocycles. The zero-order valence-corrected chi connectivity index (χ0v) is 21.6. The maximum absolute atomic E-state index is 13.7. The number of carbonyl (C=O) groups is 2. The summed E-state index contributed by atoms with van der Waals surface area (Å²) >= 11 is 0. The molecular formula is C27H41NO6. The topological polar surface area (TPSA) is 94.1 Å². The van der Waals surface area contributed by atoms with Crippen LogP contribution in [0, 0.1) is 23.7 Å². The third kappa shape index (κ3) is 4.47. The summed E-state index contributed by atoms with van der Waals surface area (Å²) in [5, 5.41) is 14.1. The Morgan fingerprint density at radius 2 is 1.88 bits per heavy atom. The monoisotopic (exact) mass is 475 g/mol. The lowest BCUT2D eigenvalue weighted by molar-refractivity contribution is -0.180. The fourth-order valence-corrected chi connectivity index (χ4v) is 6.50. The smallest absolute Gasteiger partial charge is 0.309 e. The van der Waals surface area contributed by atoms with E-state index in [0.717, 1.165) is 12.0 Å². The van der Waals surface area contributed by atoms with Gasteiger partial charge in [0.2, 0.25) is 5.60 Å². The molecule has 1 spiro atoms. The molecule has 0 aromatic rings. The lowest BCUT2D eigenvalue weighted by Gasteiger charge is -2.45. The Morgan fingerprint density at radius 3 is 2.56 bits per heavy atom. The van der Waals surface area contributed by atoms with Crippen molar-refractivity contribution < 1.29 is 28.9 Å². The van der Waals surface area contributed by atoms with Crippen LogP contribution in [0.15, 0.2) is 23.3 Å². The molecule has 7 heteroatoms. The quantitative estimate of drug-likeness (QED) is 0.468. The molecule has 3 heterocycles. The fourth-order valence-electron chi connectivity index (χ4n) is 6.50. The molecule has 4 aliphatic rings. The van der Waals surface area contributed by atoms with E-state index in [0.29, 0.717) is 18.8 Å². The molecule has 190 valence electrons. The van der Waals surface area contributed by atoms with Crippen molar-refractivity contribution >= 4 is 11.9 Å². The van der Waals surface area contributed by atoms with E-state index in [-0.39, 0.29) is 36.1 Å². The number of hydrogen-bond donors (Lipinski definition) is 2. The molecule has 34 heavy (non-hydrogen) atoms. The van der Waals surface area contributed by atoms with Crippen molar-refractivity contribution in [3.63, 3.8) is 0 Å². The highest BCUT2D eigenvalue weighted by atomic mass is 16.8. The molecule has 2 saturated heterocycles. The highest BCUT2D eigenvalue weighted by Crippen LogP contribution is 2.51. The fraction of sp³-hybridized carbons (Fsp3) is 0.778. The van der Waals surface area contributed by atoms with Crippen LogP contribution < -0.4 is 5.32 Å². The van der Waals surface area contributed by atoms with Crippen LogP contribution in [0.5, 0.6) is 0 Å². The maximum atomic E-state index is 13.7. The Balaban J connectivity index is 1.78. The predicted octanol–water partition coefficient (Wildman–Crippen LogP) is 3.65. The van der Waals surface area contributed by atoms with E-state index < -0.39 is 35.7 Å². The van der Waals surface area contributed by atoms with Gasteiger partial charge in [-0.2, -0.15) is 0 Å². The third-order valence-corrected chi connectivity index (χ3v) is 8.07. The van der Waals surface area contributed by atoms with Gasteiger partial charge in [-0.1, -0.05) is 44.1 Å². The first kappa shape index (κ1) is 25.4. The van der Waals surface area contributed by atoms with Gasteiger partial charge in [0.1, 0.15) is 12.2 Å². The molecule has 0 aromatic heterocycles. The van der Waals surface area contributed by atoms with Gasteiger partial charge in [-0.25, -0.2) is 0 Å². The number of amides is 1. The first-order valence-corrected chi connectivity index (χ1v) is 12.8. The normalized spacial score (nSPS) is 43.9. The number of carbonyl (C=O) groups excluding carboxylic acids is 2. The van der Waals surface area contributed by atoms with Crippen LogP contribution in [0.4, 0.5) is 0 Å². The van der Waals surface area contributed by atoms with E-state index >= 15 is 0 Å². The van der Waals surface area contributed by atoms with E-state index in [2.05, 4.69) is 45.2 Å². The van der Waals surface area contributed by atoms with Crippen LogP contribution >= 0.6 is 0 Å². The number of nitrogens with one attached hydrogen (secondary N) is 1. The third-order valence-electron chi connectivity index (χ3n) is 8.07. The first-order chi connectivity index (χ1) is 15.8. The molecular weight excluding hydrogens is 434 g/mol. The number of esters is 1. The van der Waals surface area contributed by atoms with Gasteiger partial charge < -0.3 is 24.6 Å². The average Bonchev–Trinajstić information content (AvgIpc) is 3.16. The van der Waals surface area contributed by atoms with Crippen molar-refractivity contribution in [3.05, 3.63) is 23.3 Å². The van der Waals surface area contributed by atoms with Crippen molar-refractivity contribution in [2.45, 2.75) is 110 Å². The summed E-state index contributed by atoms with van der Waals surface area (Å²) in [6.45, 7) is 14.1. The molecule has 8 unspecified atom stereocenters. The second kappa shape index (κ2) is 9.07. The van der Waals surface area contributed by atoms with Crippen LogP contribution in [0.2, 0.25) is 0 Å². The molecule has 2 N–H and O–H groups in total. The van der Waals surface area contributed by atoms with Gasteiger partial charge in [-0.3, -0.25) is 9.59 Å². The van der Waals surface area contributed by atoms with Crippen LogP contribution in [0.25, 0.3) is 0 Å². The Morgan fingerprint density at radius 1 is 1.18 bits per heavy atom. The van der Waals surface area contributed by atoms with Crippen molar-refractivity contribution in [1.82, 2.24) is 5.32 Å². The van der Waals surface area contributed by atoms with Crippen molar-refractivity contribution in [2.75, 3.05) is 0 Å². The van der Waals surface area contributed by atoms with Crippen molar-refractivity contribution in [1.29, 1.82) is 0 Å². The summed E-state index contributed by atoms with van der Waals surface area (Å²) in [6, 6.07) is -0.0670. The molecule has 7 nitrogen and oxygen atoms in total. The highest BCUT2D eigenvalue weighted by molar-refractivity contribution is 5.92. The maximum Gasteiger partial charge on any atom is 0.309 e. The minimum Gasteiger partial charge on any atom is -0.447 e. The Bertz CT molecular complexity index is 892. The predicted molar refractivity (Wildman–Crippen MR) is 128 cm³/mol. The SMILES string of the molecule is CC1=CC2/C=C(\C)CCC(O)C3OC(C)(C)OC3CC(=O)OC23C(=O)NC(CC(C)C)C3C1C. The van der Waals surface area contributed by atoms with Crippen LogP contribution in [-0.4, -0.2) is 52.7 Å². The Kier molecular flexibility index (Phi) is 6.77. The van der Waals surface area contributed by atoms with Gasteiger partial charge in [0.15, 0.2) is 5.79 Å². The van der Waals surface area contributed by atoms with Gasteiger partial charge in [-0.05, 0) is 58.8 Å². The zero-order chi connectivity index (χ0) is 25.0. The molecule has 1 amide bonds. The lowest BCUT2D eigenvalue weighted by atomic mass is 9.63. The number of aliphatic hydroxyl groups excluding tert-OH is 1. The summed E-state index contributed by atoms with van der Waals surface area (Å²) in [5.74, 6) is -1.65. The van der Waals surface area contributed by atoms with Crippen LogP contribution in [0.1, 0.15) is 74.1 Å². The van der Waals surface area contributed by atoms with Crippen molar-refractivity contribution in [2.24, 2.45) is 23.7 Å². The summed E-state index contributed by atoms with van der Waals surface area (Å²) in [4.78, 5) is 27.2. The second-order valence-electron chi connectivity index (χ2n) is 11.7. The number of rotatable bonds is 2. The molecule has 3 aliphatic heterocycles. The van der Waals surface area contributed by atoms with Crippen LogP contribution in [-0.2, 0) is 23.8 Å². The van der Waals surface area contributed by atoms with E-state index in [1.807, 2.05) is 6.92 Å². The Labute approximate surface area is 203 Å². The largest absolute Gasteiger partial charge is 0.447 e. The van der Waals surface area contributed by atoms with E-state index in [1.54, 1.807) is 13.8 Å². The second-order valence-corrected chi connectivity index (χ2v) is 11.7. The van der Waals surface area contributed by atoms with Gasteiger partial charge in [0.05, 0.1) is 12.5 Å². The van der Waals surface area contributed by atoms with E-state index in [1.165, 1.54) is 5.57 Å². The molecule has 0 bridgehead atoms. The average molecular weight is 476 g/mol. The minimum atomic E-state index is -1.29. The molecule has 8 atom stereocenters. The zero-order valence-electron chi connectivity index (χ0n) is 21.6. The summed E-state index contributed by atoms with van der Waals surface area (Å²) in [5.41, 5.74) is 0.962. The van der Waals surface area contributed by atoms with Crippen LogP contribution in [0.3, 0.4) is 0 Å². The first-order valence-electron chi connectivity index (χ1n) is 12.8. The molecule has 2 fully saturated rings.